The highest BCUT2D eigenvalue weighted by molar-refractivity contribution is 6.01. The summed E-state index contributed by atoms with van der Waals surface area (Å²) in [6.07, 6.45) is 2.32. The van der Waals surface area contributed by atoms with Gasteiger partial charge in [-0.2, -0.15) is 0 Å². The first-order chi connectivity index (χ1) is 9.31. The first-order valence-electron chi connectivity index (χ1n) is 6.51. The van der Waals surface area contributed by atoms with E-state index in [2.05, 4.69) is 12.2 Å². The second kappa shape index (κ2) is 4.80. The van der Waals surface area contributed by atoms with Crippen LogP contribution in [0.1, 0.15) is 35.6 Å². The topological polar surface area (TPSA) is 45.5 Å². The number of anilines is 1. The Morgan fingerprint density at radius 2 is 2.11 bits per heavy atom. The highest BCUT2D eigenvalue weighted by atomic mass is 16.3. The standard InChI is InChI=1S/C15H16N2O2/c1-2-9-17-14(13-8-5-10-19-13)16-12-7-4-3-6-11(12)15(17)18/h3-8,10,14,16H,2,9H2,1H3/t14-/m0/s1. The zero-order valence-electron chi connectivity index (χ0n) is 10.8. The Hall–Kier alpha value is -2.23. The first kappa shape index (κ1) is 11.8. The number of para-hydroxylation sites is 1. The van der Waals surface area contributed by atoms with Crippen LogP contribution in [-0.4, -0.2) is 17.4 Å². The minimum atomic E-state index is -0.225. The van der Waals surface area contributed by atoms with Gasteiger partial charge in [-0.25, -0.2) is 0 Å². The predicted molar refractivity (Wildman–Crippen MR) is 72.8 cm³/mol. The molecule has 1 N–H and O–H groups in total. The number of hydrogen-bond donors (Lipinski definition) is 1. The molecule has 0 fully saturated rings. The molecule has 0 unspecified atom stereocenters. The lowest BCUT2D eigenvalue weighted by Crippen LogP contribution is -2.43. The van der Waals surface area contributed by atoms with Crippen LogP contribution in [0, 0.1) is 0 Å². The van der Waals surface area contributed by atoms with Gasteiger partial charge in [-0.05, 0) is 30.7 Å². The monoisotopic (exact) mass is 256 g/mol. The summed E-state index contributed by atoms with van der Waals surface area (Å²) in [7, 11) is 0. The van der Waals surface area contributed by atoms with Gasteiger partial charge in [0.25, 0.3) is 5.91 Å². The molecule has 0 spiro atoms. The third-order valence-electron chi connectivity index (χ3n) is 3.30. The summed E-state index contributed by atoms with van der Waals surface area (Å²) >= 11 is 0. The van der Waals surface area contributed by atoms with Crippen molar-refractivity contribution in [1.29, 1.82) is 0 Å². The summed E-state index contributed by atoms with van der Waals surface area (Å²) in [5.74, 6) is 0.814. The highest BCUT2D eigenvalue weighted by Crippen LogP contribution is 2.33. The van der Waals surface area contributed by atoms with Crippen molar-refractivity contribution in [3.8, 4) is 0 Å². The summed E-state index contributed by atoms with van der Waals surface area (Å²) in [5.41, 5.74) is 1.58. The maximum atomic E-state index is 12.6. The molecule has 1 aromatic carbocycles. The Morgan fingerprint density at radius 1 is 1.26 bits per heavy atom. The van der Waals surface area contributed by atoms with E-state index in [1.54, 1.807) is 6.26 Å². The molecule has 0 saturated heterocycles. The fraction of sp³-hybridized carbons (Fsp3) is 0.267. The Balaban J connectivity index is 2.03. The number of carbonyl (C=O) groups excluding carboxylic acids is 1. The molecule has 1 atom stereocenters. The van der Waals surface area contributed by atoms with Crippen molar-refractivity contribution in [3.63, 3.8) is 0 Å². The molecule has 2 aromatic rings. The van der Waals surface area contributed by atoms with Crippen LogP contribution in [0.4, 0.5) is 5.69 Å². The van der Waals surface area contributed by atoms with E-state index in [1.165, 1.54) is 0 Å². The lowest BCUT2D eigenvalue weighted by Gasteiger charge is -2.36. The molecule has 19 heavy (non-hydrogen) atoms. The molecule has 1 aliphatic heterocycles. The normalized spacial score (nSPS) is 18.1. The zero-order chi connectivity index (χ0) is 13.2. The molecule has 98 valence electrons. The van der Waals surface area contributed by atoms with Crippen LogP contribution < -0.4 is 5.32 Å². The third-order valence-corrected chi connectivity index (χ3v) is 3.30. The van der Waals surface area contributed by atoms with Crippen LogP contribution in [0.2, 0.25) is 0 Å². The first-order valence-corrected chi connectivity index (χ1v) is 6.51. The summed E-state index contributed by atoms with van der Waals surface area (Å²) in [6, 6.07) is 11.3. The van der Waals surface area contributed by atoms with Crippen molar-refractivity contribution < 1.29 is 9.21 Å². The Kier molecular flexibility index (Phi) is 2.99. The van der Waals surface area contributed by atoms with Gasteiger partial charge in [-0.3, -0.25) is 4.79 Å². The summed E-state index contributed by atoms with van der Waals surface area (Å²) in [6.45, 7) is 2.76. The SMILES string of the molecule is CCCN1C(=O)c2ccccc2N[C@@H]1c1ccco1. The van der Waals surface area contributed by atoms with Gasteiger partial charge < -0.3 is 14.6 Å². The number of furan rings is 1. The number of benzene rings is 1. The predicted octanol–water partition coefficient (Wildman–Crippen LogP) is 3.26. The zero-order valence-corrected chi connectivity index (χ0v) is 10.8. The number of carbonyl (C=O) groups is 1. The third kappa shape index (κ3) is 1.99. The number of rotatable bonds is 3. The molecule has 0 saturated carbocycles. The van der Waals surface area contributed by atoms with Crippen LogP contribution in [0.5, 0.6) is 0 Å². The van der Waals surface area contributed by atoms with Gasteiger partial charge in [0.15, 0.2) is 6.17 Å². The van der Waals surface area contributed by atoms with E-state index in [1.807, 2.05) is 41.3 Å². The van der Waals surface area contributed by atoms with E-state index in [9.17, 15) is 4.79 Å². The van der Waals surface area contributed by atoms with Crippen LogP contribution in [0.25, 0.3) is 0 Å². The fourth-order valence-corrected chi connectivity index (χ4v) is 2.44. The second-order valence-electron chi connectivity index (χ2n) is 4.61. The molecule has 0 aliphatic carbocycles. The highest BCUT2D eigenvalue weighted by Gasteiger charge is 2.33. The van der Waals surface area contributed by atoms with Gasteiger partial charge in [0.05, 0.1) is 11.8 Å². The van der Waals surface area contributed by atoms with Gasteiger partial charge in [-0.15, -0.1) is 0 Å². The fourth-order valence-electron chi connectivity index (χ4n) is 2.44. The lowest BCUT2D eigenvalue weighted by molar-refractivity contribution is 0.0663. The minimum absolute atomic E-state index is 0.0533. The van der Waals surface area contributed by atoms with Gasteiger partial charge in [0.2, 0.25) is 0 Å². The van der Waals surface area contributed by atoms with E-state index in [0.717, 1.165) is 23.4 Å². The smallest absolute Gasteiger partial charge is 0.257 e. The molecular weight excluding hydrogens is 240 g/mol. The number of nitrogens with one attached hydrogen (secondary N) is 1. The molecule has 1 amide bonds. The molecule has 4 heteroatoms. The number of hydrogen-bond acceptors (Lipinski definition) is 3. The molecule has 4 nitrogen and oxygen atoms in total. The van der Waals surface area contributed by atoms with Gasteiger partial charge in [-0.1, -0.05) is 19.1 Å². The number of nitrogens with zero attached hydrogens (tertiary/aromatic N) is 1. The van der Waals surface area contributed by atoms with E-state index in [4.69, 9.17) is 4.42 Å². The molecule has 1 aliphatic rings. The quantitative estimate of drug-likeness (QED) is 0.916. The van der Waals surface area contributed by atoms with Crippen molar-refractivity contribution in [2.45, 2.75) is 19.5 Å². The van der Waals surface area contributed by atoms with Crippen molar-refractivity contribution in [2.24, 2.45) is 0 Å². The van der Waals surface area contributed by atoms with E-state index >= 15 is 0 Å². The molecule has 2 heterocycles. The van der Waals surface area contributed by atoms with Crippen molar-refractivity contribution in [1.82, 2.24) is 4.90 Å². The summed E-state index contributed by atoms with van der Waals surface area (Å²) in [4.78, 5) is 14.4. The van der Waals surface area contributed by atoms with Crippen molar-refractivity contribution in [3.05, 3.63) is 54.0 Å². The average molecular weight is 256 g/mol. The largest absolute Gasteiger partial charge is 0.465 e. The van der Waals surface area contributed by atoms with Crippen LogP contribution in [0.15, 0.2) is 47.1 Å². The molecular formula is C15H16N2O2. The van der Waals surface area contributed by atoms with Gasteiger partial charge >= 0.3 is 0 Å². The molecule has 0 radical (unpaired) electrons. The Bertz CT molecular complexity index is 578. The second-order valence-corrected chi connectivity index (χ2v) is 4.61. The maximum Gasteiger partial charge on any atom is 0.257 e. The average Bonchev–Trinajstić information content (AvgIpc) is 2.96. The van der Waals surface area contributed by atoms with E-state index in [0.29, 0.717) is 6.54 Å². The van der Waals surface area contributed by atoms with Crippen LogP contribution in [0.3, 0.4) is 0 Å². The summed E-state index contributed by atoms with van der Waals surface area (Å²) < 4.78 is 5.46. The van der Waals surface area contributed by atoms with Crippen LogP contribution in [-0.2, 0) is 0 Å². The Labute approximate surface area is 112 Å². The summed E-state index contributed by atoms with van der Waals surface area (Å²) in [5, 5.41) is 3.38. The van der Waals surface area contributed by atoms with Gasteiger partial charge in [0.1, 0.15) is 5.76 Å². The van der Waals surface area contributed by atoms with E-state index in [-0.39, 0.29) is 12.1 Å². The van der Waals surface area contributed by atoms with Crippen molar-refractivity contribution in [2.75, 3.05) is 11.9 Å². The van der Waals surface area contributed by atoms with Gasteiger partial charge in [0, 0.05) is 12.2 Å². The number of amides is 1. The van der Waals surface area contributed by atoms with Crippen molar-refractivity contribution >= 4 is 11.6 Å². The molecule has 0 bridgehead atoms. The molecule has 1 aromatic heterocycles. The van der Waals surface area contributed by atoms with E-state index < -0.39 is 0 Å². The number of fused-ring (bicyclic) bond motifs is 1. The maximum absolute atomic E-state index is 12.6. The minimum Gasteiger partial charge on any atom is -0.465 e. The Morgan fingerprint density at radius 3 is 2.84 bits per heavy atom. The lowest BCUT2D eigenvalue weighted by atomic mass is 10.1. The molecule has 3 rings (SSSR count). The van der Waals surface area contributed by atoms with Crippen LogP contribution >= 0.6 is 0 Å².